The molecule has 0 bridgehead atoms. The second-order valence-electron chi connectivity index (χ2n) is 3.57. The molecule has 0 saturated carbocycles. The molecule has 0 fully saturated rings. The van der Waals surface area contributed by atoms with Crippen molar-refractivity contribution < 1.29 is 4.42 Å². The molecule has 0 saturated heterocycles. The van der Waals surface area contributed by atoms with Crippen molar-refractivity contribution in [3.8, 4) is 10.6 Å². The molecule has 0 aliphatic carbocycles. The van der Waals surface area contributed by atoms with Crippen molar-refractivity contribution in [2.75, 3.05) is 6.54 Å². The Morgan fingerprint density at radius 3 is 3.00 bits per heavy atom. The van der Waals surface area contributed by atoms with E-state index in [-0.39, 0.29) is 0 Å². The van der Waals surface area contributed by atoms with Crippen molar-refractivity contribution >= 4 is 11.3 Å². The van der Waals surface area contributed by atoms with Gasteiger partial charge in [0.2, 0.25) is 0 Å². The second-order valence-corrected chi connectivity index (χ2v) is 4.63. The average molecular weight is 237 g/mol. The van der Waals surface area contributed by atoms with Gasteiger partial charge in [0.25, 0.3) is 0 Å². The summed E-state index contributed by atoms with van der Waals surface area (Å²) in [5.41, 5.74) is 1.04. The summed E-state index contributed by atoms with van der Waals surface area (Å²) in [5, 5.41) is 13.6. The summed E-state index contributed by atoms with van der Waals surface area (Å²) < 4.78 is 5.25. The predicted octanol–water partition coefficient (Wildman–Crippen LogP) is 2.61. The van der Waals surface area contributed by atoms with Gasteiger partial charge in [0.05, 0.1) is 11.8 Å². The summed E-state index contributed by atoms with van der Waals surface area (Å²) in [4.78, 5) is 0. The van der Waals surface area contributed by atoms with E-state index < -0.39 is 0 Å². The number of hydrogen-bond acceptors (Lipinski definition) is 5. The Hall–Kier alpha value is -1.20. The van der Waals surface area contributed by atoms with Crippen LogP contribution in [0.25, 0.3) is 10.6 Å². The third kappa shape index (κ3) is 2.48. The molecule has 5 heteroatoms. The van der Waals surface area contributed by atoms with Gasteiger partial charge in [-0.3, -0.25) is 0 Å². The van der Waals surface area contributed by atoms with Crippen LogP contribution >= 0.6 is 11.3 Å². The van der Waals surface area contributed by atoms with E-state index in [1.165, 1.54) is 0 Å². The van der Waals surface area contributed by atoms with Gasteiger partial charge < -0.3 is 9.73 Å². The zero-order valence-corrected chi connectivity index (χ0v) is 10.3. The van der Waals surface area contributed by atoms with Crippen LogP contribution in [0.5, 0.6) is 0 Å². The van der Waals surface area contributed by atoms with Crippen LogP contribution in [0.2, 0.25) is 0 Å². The molecule has 0 aliphatic heterocycles. The quantitative estimate of drug-likeness (QED) is 0.812. The molecule has 0 spiro atoms. The minimum Gasteiger partial charge on any atom is -0.469 e. The lowest BCUT2D eigenvalue weighted by atomic mass is 10.3. The van der Waals surface area contributed by atoms with E-state index in [2.05, 4.69) is 22.4 Å². The van der Waals surface area contributed by atoms with Crippen LogP contribution in [0.15, 0.2) is 16.7 Å². The number of furan rings is 1. The molecule has 1 N–H and O–H groups in total. The fourth-order valence-corrected chi connectivity index (χ4v) is 2.30. The Morgan fingerprint density at radius 2 is 2.31 bits per heavy atom. The number of hydrogen-bond donors (Lipinski definition) is 1. The Morgan fingerprint density at radius 1 is 1.44 bits per heavy atom. The maximum atomic E-state index is 5.25. The minimum atomic E-state index is 0.794. The number of rotatable bonds is 5. The number of aryl methyl sites for hydroxylation is 1. The van der Waals surface area contributed by atoms with Gasteiger partial charge in [-0.2, -0.15) is 0 Å². The van der Waals surface area contributed by atoms with Crippen LogP contribution in [-0.2, 0) is 6.54 Å². The first-order valence-electron chi connectivity index (χ1n) is 5.39. The van der Waals surface area contributed by atoms with Crippen molar-refractivity contribution in [1.29, 1.82) is 0 Å². The molecule has 2 aromatic heterocycles. The number of nitrogens with zero attached hydrogens (tertiary/aromatic N) is 2. The molecule has 2 heterocycles. The molecule has 4 nitrogen and oxygen atoms in total. The first kappa shape index (κ1) is 11.3. The summed E-state index contributed by atoms with van der Waals surface area (Å²) in [5.74, 6) is 0.893. The van der Waals surface area contributed by atoms with E-state index in [1.807, 2.05) is 13.0 Å². The van der Waals surface area contributed by atoms with E-state index >= 15 is 0 Å². The van der Waals surface area contributed by atoms with Gasteiger partial charge in [-0.05, 0) is 26.0 Å². The third-order valence-electron chi connectivity index (χ3n) is 2.26. The molecule has 0 aliphatic rings. The summed E-state index contributed by atoms with van der Waals surface area (Å²) >= 11 is 1.61. The summed E-state index contributed by atoms with van der Waals surface area (Å²) in [7, 11) is 0. The monoisotopic (exact) mass is 237 g/mol. The van der Waals surface area contributed by atoms with Gasteiger partial charge in [-0.15, -0.1) is 10.2 Å². The maximum Gasteiger partial charge on any atom is 0.151 e. The van der Waals surface area contributed by atoms with Gasteiger partial charge in [0, 0.05) is 6.54 Å². The normalized spacial score (nSPS) is 10.9. The minimum absolute atomic E-state index is 0.794. The molecule has 2 aromatic rings. The van der Waals surface area contributed by atoms with Crippen LogP contribution in [0, 0.1) is 6.92 Å². The largest absolute Gasteiger partial charge is 0.469 e. The molecule has 86 valence electrons. The Bertz CT molecular complexity index is 450. The highest BCUT2D eigenvalue weighted by atomic mass is 32.1. The second kappa shape index (κ2) is 5.23. The topological polar surface area (TPSA) is 51.0 Å². The molecular formula is C11H15N3OS. The van der Waals surface area contributed by atoms with Gasteiger partial charge in [0.15, 0.2) is 5.01 Å². The fourth-order valence-electron chi connectivity index (χ4n) is 1.41. The average Bonchev–Trinajstić information content (AvgIpc) is 2.87. The van der Waals surface area contributed by atoms with Crippen molar-refractivity contribution in [2.24, 2.45) is 0 Å². The van der Waals surface area contributed by atoms with Crippen LogP contribution in [0.3, 0.4) is 0 Å². The van der Waals surface area contributed by atoms with E-state index in [0.29, 0.717) is 0 Å². The van der Waals surface area contributed by atoms with Crippen LogP contribution in [-0.4, -0.2) is 16.7 Å². The molecule has 16 heavy (non-hydrogen) atoms. The highest BCUT2D eigenvalue weighted by Gasteiger charge is 2.10. The van der Waals surface area contributed by atoms with Gasteiger partial charge in [-0.1, -0.05) is 18.3 Å². The Balaban J connectivity index is 2.05. The summed E-state index contributed by atoms with van der Waals surface area (Å²) in [6.07, 6.45) is 2.81. The predicted molar refractivity (Wildman–Crippen MR) is 64.3 cm³/mol. The van der Waals surface area contributed by atoms with Gasteiger partial charge >= 0.3 is 0 Å². The Labute approximate surface area is 98.7 Å². The maximum absolute atomic E-state index is 5.25. The highest BCUT2D eigenvalue weighted by Crippen LogP contribution is 2.27. The molecule has 0 radical (unpaired) electrons. The third-order valence-corrected chi connectivity index (χ3v) is 3.22. The van der Waals surface area contributed by atoms with E-state index in [9.17, 15) is 0 Å². The first-order chi connectivity index (χ1) is 7.81. The van der Waals surface area contributed by atoms with Crippen molar-refractivity contribution in [1.82, 2.24) is 15.5 Å². The van der Waals surface area contributed by atoms with Gasteiger partial charge in [-0.25, -0.2) is 0 Å². The first-order valence-corrected chi connectivity index (χ1v) is 6.20. The van der Waals surface area contributed by atoms with E-state index in [1.54, 1.807) is 17.6 Å². The highest BCUT2D eigenvalue weighted by molar-refractivity contribution is 7.14. The fraction of sp³-hybridized carbons (Fsp3) is 0.455. The zero-order chi connectivity index (χ0) is 11.4. The number of nitrogens with one attached hydrogen (secondary N) is 1. The van der Waals surface area contributed by atoms with Crippen molar-refractivity contribution in [3.05, 3.63) is 23.1 Å². The molecule has 2 rings (SSSR count). The zero-order valence-electron chi connectivity index (χ0n) is 9.49. The van der Waals surface area contributed by atoms with Crippen molar-refractivity contribution in [2.45, 2.75) is 26.8 Å². The lowest BCUT2D eigenvalue weighted by molar-refractivity contribution is 0.535. The molecule has 0 atom stereocenters. The summed E-state index contributed by atoms with van der Waals surface area (Å²) in [6.45, 7) is 5.89. The Kier molecular flexibility index (Phi) is 3.69. The summed E-state index contributed by atoms with van der Waals surface area (Å²) in [6, 6.07) is 1.93. The number of aromatic nitrogens is 2. The van der Waals surface area contributed by atoms with Crippen LogP contribution in [0.4, 0.5) is 0 Å². The smallest absolute Gasteiger partial charge is 0.151 e. The van der Waals surface area contributed by atoms with Crippen LogP contribution < -0.4 is 5.32 Å². The van der Waals surface area contributed by atoms with E-state index in [4.69, 9.17) is 4.42 Å². The van der Waals surface area contributed by atoms with Crippen LogP contribution in [0.1, 0.15) is 24.1 Å². The SMILES string of the molecule is CCCNCc1nnc(-c2ccoc2C)s1. The van der Waals surface area contributed by atoms with Gasteiger partial charge in [0.1, 0.15) is 10.8 Å². The van der Waals surface area contributed by atoms with Crippen molar-refractivity contribution in [3.63, 3.8) is 0 Å². The molecular weight excluding hydrogens is 222 g/mol. The molecule has 0 amide bonds. The molecule has 0 unspecified atom stereocenters. The van der Waals surface area contributed by atoms with E-state index in [0.717, 1.165) is 40.8 Å². The lowest BCUT2D eigenvalue weighted by Gasteiger charge is -1.96. The lowest BCUT2D eigenvalue weighted by Crippen LogP contribution is -2.13. The standard InChI is InChI=1S/C11H15N3OS/c1-3-5-12-7-10-13-14-11(16-10)9-4-6-15-8(9)2/h4,6,12H,3,5,7H2,1-2H3. The molecule has 0 aromatic carbocycles.